The smallest absolute Gasteiger partial charge is 0.242 e. The zero-order valence-corrected chi connectivity index (χ0v) is 13.3. The normalized spacial score (nSPS) is 13.9. The van der Waals surface area contributed by atoms with Crippen LogP contribution in [0.15, 0.2) is 17.2 Å². The summed E-state index contributed by atoms with van der Waals surface area (Å²) in [6.07, 6.45) is 1.49. The zero-order chi connectivity index (χ0) is 15.3. The van der Waals surface area contributed by atoms with E-state index in [1.54, 1.807) is 11.6 Å². The second-order valence-corrected chi connectivity index (χ2v) is 6.78. The topological polar surface area (TPSA) is 80.6 Å². The number of hydrogen-bond donors (Lipinski definition) is 2. The van der Waals surface area contributed by atoms with Crippen molar-refractivity contribution in [2.45, 2.75) is 38.3 Å². The number of ether oxygens (including phenoxy) is 1. The highest BCUT2D eigenvalue weighted by atomic mass is 32.2. The van der Waals surface area contributed by atoms with Gasteiger partial charge < -0.3 is 14.4 Å². The van der Waals surface area contributed by atoms with Crippen molar-refractivity contribution in [3.8, 4) is 0 Å². The summed E-state index contributed by atoms with van der Waals surface area (Å²) in [6.45, 7) is 6.44. The van der Waals surface area contributed by atoms with E-state index in [1.165, 1.54) is 12.3 Å². The molecule has 0 saturated heterocycles. The van der Waals surface area contributed by atoms with Crippen LogP contribution in [-0.4, -0.2) is 37.3 Å². The van der Waals surface area contributed by atoms with Crippen molar-refractivity contribution in [2.24, 2.45) is 13.0 Å². The molecule has 0 aliphatic carbocycles. The molecule has 0 bridgehead atoms. The van der Waals surface area contributed by atoms with Gasteiger partial charge in [0.25, 0.3) is 0 Å². The maximum absolute atomic E-state index is 12.3. The molecule has 6 nitrogen and oxygen atoms in total. The van der Waals surface area contributed by atoms with Crippen molar-refractivity contribution >= 4 is 10.0 Å². The summed E-state index contributed by atoms with van der Waals surface area (Å²) in [5, 5.41) is 9.13. The summed E-state index contributed by atoms with van der Waals surface area (Å²) < 4.78 is 34.2. The van der Waals surface area contributed by atoms with Gasteiger partial charge in [0, 0.05) is 31.6 Å². The zero-order valence-electron chi connectivity index (χ0n) is 12.5. The van der Waals surface area contributed by atoms with Crippen LogP contribution >= 0.6 is 0 Å². The van der Waals surface area contributed by atoms with Crippen molar-refractivity contribution in [3.05, 3.63) is 18.0 Å². The number of aliphatic hydroxyl groups is 1. The first-order chi connectivity index (χ1) is 9.31. The van der Waals surface area contributed by atoms with E-state index in [1.807, 2.05) is 20.8 Å². The molecule has 1 aromatic rings. The average molecular weight is 304 g/mol. The Morgan fingerprint density at radius 3 is 2.55 bits per heavy atom. The predicted octanol–water partition coefficient (Wildman–Crippen LogP) is 0.857. The van der Waals surface area contributed by atoms with E-state index in [-0.39, 0.29) is 23.5 Å². The van der Waals surface area contributed by atoms with Crippen molar-refractivity contribution in [1.29, 1.82) is 0 Å². The summed E-state index contributed by atoms with van der Waals surface area (Å²) in [6, 6.07) is 1.19. The monoisotopic (exact) mass is 304 g/mol. The molecule has 116 valence electrons. The van der Waals surface area contributed by atoms with Crippen LogP contribution in [-0.2, 0) is 28.4 Å². The van der Waals surface area contributed by atoms with Crippen molar-refractivity contribution in [1.82, 2.24) is 9.29 Å². The minimum absolute atomic E-state index is 0.123. The van der Waals surface area contributed by atoms with Gasteiger partial charge >= 0.3 is 0 Å². The van der Waals surface area contributed by atoms with E-state index in [0.29, 0.717) is 18.9 Å². The fraction of sp³-hybridized carbons (Fsp3) is 0.692. The summed E-state index contributed by atoms with van der Waals surface area (Å²) in [5.41, 5.74) is 0.552. The number of aromatic nitrogens is 1. The Morgan fingerprint density at radius 1 is 1.45 bits per heavy atom. The van der Waals surface area contributed by atoms with E-state index in [2.05, 4.69) is 4.72 Å². The summed E-state index contributed by atoms with van der Waals surface area (Å²) in [4.78, 5) is 0.159. The molecule has 0 spiro atoms. The lowest BCUT2D eigenvalue weighted by Crippen LogP contribution is -2.41. The quantitative estimate of drug-likeness (QED) is 0.746. The average Bonchev–Trinajstić information content (AvgIpc) is 2.76. The Kier molecular flexibility index (Phi) is 6.19. The number of nitrogens with zero attached hydrogens (tertiary/aromatic N) is 1. The van der Waals surface area contributed by atoms with Gasteiger partial charge in [-0.3, -0.25) is 0 Å². The van der Waals surface area contributed by atoms with E-state index < -0.39 is 10.0 Å². The van der Waals surface area contributed by atoms with Crippen LogP contribution in [0.1, 0.15) is 26.5 Å². The van der Waals surface area contributed by atoms with Crippen LogP contribution in [0.2, 0.25) is 0 Å². The summed E-state index contributed by atoms with van der Waals surface area (Å²) >= 11 is 0. The summed E-state index contributed by atoms with van der Waals surface area (Å²) in [5.74, 6) is 0.123. The van der Waals surface area contributed by atoms with Gasteiger partial charge in [0.2, 0.25) is 10.0 Å². The van der Waals surface area contributed by atoms with E-state index in [4.69, 9.17) is 9.84 Å². The molecule has 1 heterocycles. The predicted molar refractivity (Wildman–Crippen MR) is 76.8 cm³/mol. The molecule has 1 atom stereocenters. The van der Waals surface area contributed by atoms with Gasteiger partial charge in [-0.05, 0) is 18.9 Å². The maximum atomic E-state index is 12.3. The van der Waals surface area contributed by atoms with Gasteiger partial charge in [-0.25, -0.2) is 13.1 Å². The standard InChI is InChI=1S/C13H24N2O4S/c1-5-19-9-13(10(2)3)14-20(17,18)12-6-11(8-16)15(4)7-12/h6-7,10,13-14,16H,5,8-9H2,1-4H3. The third-order valence-corrected chi connectivity index (χ3v) is 4.62. The second-order valence-electron chi connectivity index (χ2n) is 5.07. The van der Waals surface area contributed by atoms with Crippen LogP contribution in [0, 0.1) is 5.92 Å². The first-order valence-electron chi connectivity index (χ1n) is 6.68. The third-order valence-electron chi connectivity index (χ3n) is 3.17. The molecule has 0 aromatic carbocycles. The number of sulfonamides is 1. The third kappa shape index (κ3) is 4.31. The number of aryl methyl sites for hydroxylation is 1. The molecule has 20 heavy (non-hydrogen) atoms. The van der Waals surface area contributed by atoms with E-state index in [9.17, 15) is 8.42 Å². The Balaban J connectivity index is 2.91. The molecular weight excluding hydrogens is 280 g/mol. The molecule has 1 aromatic heterocycles. The highest BCUT2D eigenvalue weighted by molar-refractivity contribution is 7.89. The highest BCUT2D eigenvalue weighted by Crippen LogP contribution is 2.15. The number of aliphatic hydroxyl groups excluding tert-OH is 1. The molecule has 0 amide bonds. The Bertz CT molecular complexity index is 522. The van der Waals surface area contributed by atoms with Gasteiger partial charge in [0.15, 0.2) is 0 Å². The first-order valence-corrected chi connectivity index (χ1v) is 8.16. The fourth-order valence-corrected chi connectivity index (χ4v) is 3.22. The van der Waals surface area contributed by atoms with Crippen LogP contribution in [0.5, 0.6) is 0 Å². The molecule has 0 saturated carbocycles. The lowest BCUT2D eigenvalue weighted by Gasteiger charge is -2.21. The summed E-state index contributed by atoms with van der Waals surface area (Å²) in [7, 11) is -1.91. The molecule has 2 N–H and O–H groups in total. The first kappa shape index (κ1) is 17.2. The molecule has 1 unspecified atom stereocenters. The van der Waals surface area contributed by atoms with Gasteiger partial charge in [0.1, 0.15) is 0 Å². The van der Waals surface area contributed by atoms with Crippen molar-refractivity contribution in [2.75, 3.05) is 13.2 Å². The lowest BCUT2D eigenvalue weighted by molar-refractivity contribution is 0.116. The van der Waals surface area contributed by atoms with Gasteiger partial charge in [-0.2, -0.15) is 0 Å². The number of hydrogen-bond acceptors (Lipinski definition) is 4. The SMILES string of the molecule is CCOCC(NS(=O)(=O)c1cc(CO)n(C)c1)C(C)C. The number of rotatable bonds is 8. The van der Waals surface area contributed by atoms with Gasteiger partial charge in [0.05, 0.1) is 18.1 Å². The van der Waals surface area contributed by atoms with Crippen LogP contribution in [0.3, 0.4) is 0 Å². The minimum Gasteiger partial charge on any atom is -0.390 e. The van der Waals surface area contributed by atoms with Crippen molar-refractivity contribution < 1.29 is 18.3 Å². The maximum Gasteiger partial charge on any atom is 0.242 e. The molecule has 7 heteroatoms. The highest BCUT2D eigenvalue weighted by Gasteiger charge is 2.24. The molecule has 0 fully saturated rings. The van der Waals surface area contributed by atoms with E-state index >= 15 is 0 Å². The lowest BCUT2D eigenvalue weighted by atomic mass is 10.1. The van der Waals surface area contributed by atoms with Crippen LogP contribution in [0.4, 0.5) is 0 Å². The fourth-order valence-electron chi connectivity index (χ4n) is 1.76. The Morgan fingerprint density at radius 2 is 2.10 bits per heavy atom. The minimum atomic E-state index is -3.61. The van der Waals surface area contributed by atoms with Gasteiger partial charge in [-0.1, -0.05) is 13.8 Å². The molecule has 0 aliphatic rings. The molecule has 0 aliphatic heterocycles. The Hall–Kier alpha value is -0.890. The largest absolute Gasteiger partial charge is 0.390 e. The van der Waals surface area contributed by atoms with Gasteiger partial charge in [-0.15, -0.1) is 0 Å². The molecule has 0 radical (unpaired) electrons. The van der Waals surface area contributed by atoms with Crippen LogP contribution in [0.25, 0.3) is 0 Å². The number of nitrogens with one attached hydrogen (secondary N) is 1. The molecule has 1 rings (SSSR count). The van der Waals surface area contributed by atoms with E-state index in [0.717, 1.165) is 0 Å². The van der Waals surface area contributed by atoms with Crippen molar-refractivity contribution in [3.63, 3.8) is 0 Å². The molecular formula is C13H24N2O4S. The Labute approximate surface area is 120 Å². The second kappa shape index (κ2) is 7.21. The van der Waals surface area contributed by atoms with Crippen LogP contribution < -0.4 is 4.72 Å².